The van der Waals surface area contributed by atoms with Crippen molar-refractivity contribution in [2.24, 2.45) is 0 Å². The van der Waals surface area contributed by atoms with Crippen LogP contribution in [0.1, 0.15) is 18.1 Å². The van der Waals surface area contributed by atoms with E-state index >= 15 is 0 Å². The lowest BCUT2D eigenvalue weighted by atomic mass is 9.98. The molecule has 0 saturated carbocycles. The number of benzene rings is 2. The second-order valence-electron chi connectivity index (χ2n) is 3.86. The maximum Gasteiger partial charge on any atom is -0.00914 e. The Morgan fingerprint density at radius 2 is 1.73 bits per heavy atom. The number of fused-ring (bicyclic) bond motifs is 1. The smallest absolute Gasteiger partial charge is 0.00914 e. The Morgan fingerprint density at radius 1 is 1.00 bits per heavy atom. The Bertz CT molecular complexity index is 492. The van der Waals surface area contributed by atoms with Crippen LogP contribution in [0, 0.1) is 6.92 Å². The molecule has 15 heavy (non-hydrogen) atoms. The summed E-state index contributed by atoms with van der Waals surface area (Å²) in [5.41, 5.74) is 2.77. The summed E-state index contributed by atoms with van der Waals surface area (Å²) in [5.74, 6) is 0. The number of hydrogen-bond donors (Lipinski definition) is 0. The van der Waals surface area contributed by atoms with Crippen LogP contribution in [0.25, 0.3) is 10.8 Å². The van der Waals surface area contributed by atoms with Crippen molar-refractivity contribution in [2.75, 3.05) is 0 Å². The van der Waals surface area contributed by atoms with Crippen molar-refractivity contribution >= 4 is 10.8 Å². The summed E-state index contributed by atoms with van der Waals surface area (Å²) in [5, 5.41) is 2.76. The number of aryl methyl sites for hydroxylation is 1. The monoisotopic (exact) mass is 196 g/mol. The van der Waals surface area contributed by atoms with Crippen LogP contribution in [-0.2, 0) is 6.42 Å². The Balaban J connectivity index is 2.61. The molecule has 0 radical (unpaired) electrons. The zero-order valence-corrected chi connectivity index (χ0v) is 9.33. The summed E-state index contributed by atoms with van der Waals surface area (Å²) >= 11 is 0. The van der Waals surface area contributed by atoms with Crippen molar-refractivity contribution in [1.29, 1.82) is 0 Å². The van der Waals surface area contributed by atoms with Crippen molar-refractivity contribution in [2.45, 2.75) is 20.3 Å². The fraction of sp³-hybridized carbons (Fsp3) is 0.200. The van der Waals surface area contributed by atoms with Gasteiger partial charge in [-0.3, -0.25) is 0 Å². The first-order valence-corrected chi connectivity index (χ1v) is 5.41. The van der Waals surface area contributed by atoms with E-state index in [-0.39, 0.29) is 0 Å². The summed E-state index contributed by atoms with van der Waals surface area (Å²) in [4.78, 5) is 0. The highest BCUT2D eigenvalue weighted by atomic mass is 14.0. The van der Waals surface area contributed by atoms with Gasteiger partial charge in [-0.1, -0.05) is 48.6 Å². The lowest BCUT2D eigenvalue weighted by Gasteiger charge is -2.06. The lowest BCUT2D eigenvalue weighted by Crippen LogP contribution is -1.86. The van der Waals surface area contributed by atoms with Crippen molar-refractivity contribution in [3.05, 3.63) is 59.7 Å². The average Bonchev–Trinajstić information content (AvgIpc) is 2.29. The van der Waals surface area contributed by atoms with Gasteiger partial charge < -0.3 is 0 Å². The lowest BCUT2D eigenvalue weighted by molar-refractivity contribution is 1.28. The fourth-order valence-corrected chi connectivity index (χ4v) is 1.93. The summed E-state index contributed by atoms with van der Waals surface area (Å²) in [6.45, 7) is 4.23. The topological polar surface area (TPSA) is 0 Å². The van der Waals surface area contributed by atoms with Gasteiger partial charge in [-0.05, 0) is 42.2 Å². The molecular formula is C15H16. The molecule has 0 bridgehead atoms. The standard InChI is InChI=1S/C15H16/c1-3-4-7-13-11-10-12(2)14-8-5-6-9-15(13)14/h3-6,8-11H,7H2,1-2H3/b4-3+. The molecule has 0 aliphatic carbocycles. The average molecular weight is 196 g/mol. The summed E-state index contributed by atoms with van der Waals surface area (Å²) in [6.07, 6.45) is 5.34. The summed E-state index contributed by atoms with van der Waals surface area (Å²) in [7, 11) is 0. The van der Waals surface area contributed by atoms with Crippen molar-refractivity contribution < 1.29 is 0 Å². The van der Waals surface area contributed by atoms with Crippen LogP contribution in [0.3, 0.4) is 0 Å². The summed E-state index contributed by atoms with van der Waals surface area (Å²) < 4.78 is 0. The molecule has 0 aliphatic heterocycles. The Hall–Kier alpha value is -1.56. The Kier molecular flexibility index (Phi) is 2.86. The largest absolute Gasteiger partial charge is 0.0913 e. The van der Waals surface area contributed by atoms with Crippen LogP contribution < -0.4 is 0 Å². The Labute approximate surface area is 91.2 Å². The van der Waals surface area contributed by atoms with Gasteiger partial charge in [0.05, 0.1) is 0 Å². The molecule has 0 unspecified atom stereocenters. The highest BCUT2D eigenvalue weighted by Crippen LogP contribution is 2.22. The maximum absolute atomic E-state index is 2.23. The van der Waals surface area contributed by atoms with E-state index in [0.29, 0.717) is 0 Å². The number of allylic oxidation sites excluding steroid dienone is 2. The van der Waals surface area contributed by atoms with Gasteiger partial charge in [0.25, 0.3) is 0 Å². The molecule has 2 rings (SSSR count). The minimum absolute atomic E-state index is 1.03. The van der Waals surface area contributed by atoms with Gasteiger partial charge >= 0.3 is 0 Å². The van der Waals surface area contributed by atoms with Crippen molar-refractivity contribution in [3.63, 3.8) is 0 Å². The van der Waals surface area contributed by atoms with Crippen LogP contribution in [0.15, 0.2) is 48.6 Å². The predicted octanol–water partition coefficient (Wildman–Crippen LogP) is 4.27. The first-order chi connectivity index (χ1) is 7.33. The van der Waals surface area contributed by atoms with Crippen LogP contribution >= 0.6 is 0 Å². The summed E-state index contributed by atoms with van der Waals surface area (Å²) in [6, 6.07) is 13.1. The van der Waals surface area contributed by atoms with Gasteiger partial charge in [0, 0.05) is 0 Å². The molecule has 0 aromatic heterocycles. The van der Waals surface area contributed by atoms with E-state index in [2.05, 4.69) is 62.4 Å². The molecule has 76 valence electrons. The SMILES string of the molecule is C/C=C/Cc1ccc(C)c2ccccc12. The zero-order valence-electron chi connectivity index (χ0n) is 9.33. The molecule has 2 aromatic rings. The number of hydrogen-bond acceptors (Lipinski definition) is 0. The van der Waals surface area contributed by atoms with Gasteiger partial charge in [0.15, 0.2) is 0 Å². The van der Waals surface area contributed by atoms with Gasteiger partial charge in [-0.15, -0.1) is 0 Å². The van der Waals surface area contributed by atoms with Gasteiger partial charge in [-0.25, -0.2) is 0 Å². The van der Waals surface area contributed by atoms with E-state index < -0.39 is 0 Å². The molecule has 0 heteroatoms. The third-order valence-corrected chi connectivity index (χ3v) is 2.81. The first-order valence-electron chi connectivity index (χ1n) is 5.41. The zero-order chi connectivity index (χ0) is 10.7. The van der Waals surface area contributed by atoms with Crippen molar-refractivity contribution in [3.8, 4) is 0 Å². The third kappa shape index (κ3) is 1.94. The maximum atomic E-state index is 2.23. The third-order valence-electron chi connectivity index (χ3n) is 2.81. The van der Waals surface area contributed by atoms with Crippen LogP contribution in [-0.4, -0.2) is 0 Å². The molecule has 0 atom stereocenters. The highest BCUT2D eigenvalue weighted by Gasteiger charge is 2.00. The second-order valence-corrected chi connectivity index (χ2v) is 3.86. The molecule has 2 aromatic carbocycles. The minimum Gasteiger partial charge on any atom is -0.0913 e. The molecule has 0 saturated heterocycles. The molecule has 0 amide bonds. The van der Waals surface area contributed by atoms with E-state index in [9.17, 15) is 0 Å². The molecule has 0 spiro atoms. The van der Waals surface area contributed by atoms with Gasteiger partial charge in [-0.2, -0.15) is 0 Å². The molecule has 0 aliphatic rings. The Morgan fingerprint density at radius 3 is 2.47 bits per heavy atom. The van der Waals surface area contributed by atoms with E-state index in [1.165, 1.54) is 21.9 Å². The van der Waals surface area contributed by atoms with Gasteiger partial charge in [0.2, 0.25) is 0 Å². The molecule has 0 heterocycles. The van der Waals surface area contributed by atoms with E-state index in [0.717, 1.165) is 6.42 Å². The van der Waals surface area contributed by atoms with Crippen LogP contribution in [0.5, 0.6) is 0 Å². The molecule has 0 nitrogen and oxygen atoms in total. The van der Waals surface area contributed by atoms with E-state index in [1.54, 1.807) is 0 Å². The van der Waals surface area contributed by atoms with Crippen LogP contribution in [0.2, 0.25) is 0 Å². The second kappa shape index (κ2) is 4.31. The van der Waals surface area contributed by atoms with E-state index in [4.69, 9.17) is 0 Å². The minimum atomic E-state index is 1.03. The van der Waals surface area contributed by atoms with Gasteiger partial charge in [0.1, 0.15) is 0 Å². The quantitative estimate of drug-likeness (QED) is 0.629. The highest BCUT2D eigenvalue weighted by molar-refractivity contribution is 5.88. The molecule has 0 N–H and O–H groups in total. The fourth-order valence-electron chi connectivity index (χ4n) is 1.93. The van der Waals surface area contributed by atoms with Crippen LogP contribution in [0.4, 0.5) is 0 Å². The molecular weight excluding hydrogens is 180 g/mol. The van der Waals surface area contributed by atoms with Crippen molar-refractivity contribution in [1.82, 2.24) is 0 Å². The predicted molar refractivity (Wildman–Crippen MR) is 67.2 cm³/mol. The van der Waals surface area contributed by atoms with E-state index in [1.807, 2.05) is 0 Å². The molecule has 0 fully saturated rings. The number of rotatable bonds is 2. The normalized spacial score (nSPS) is 11.3. The first kappa shape index (κ1) is 9.97.